The van der Waals surface area contributed by atoms with E-state index in [0.29, 0.717) is 6.54 Å². The van der Waals surface area contributed by atoms with Crippen molar-refractivity contribution in [2.45, 2.75) is 6.92 Å². The monoisotopic (exact) mass is 290 g/mol. The van der Waals surface area contributed by atoms with Gasteiger partial charge in [0.2, 0.25) is 5.91 Å². The number of urea groups is 1. The molecule has 0 spiro atoms. The maximum atomic E-state index is 11.7. The van der Waals surface area contributed by atoms with E-state index in [4.69, 9.17) is 0 Å². The predicted molar refractivity (Wildman–Crippen MR) is 82.3 cm³/mol. The molecule has 21 heavy (non-hydrogen) atoms. The van der Waals surface area contributed by atoms with Crippen LogP contribution in [0.1, 0.15) is 6.92 Å². The molecule has 1 aromatic carbocycles. The van der Waals surface area contributed by atoms with E-state index < -0.39 is 6.03 Å². The number of hydrogen-bond acceptors (Lipinski definition) is 4. The van der Waals surface area contributed by atoms with Gasteiger partial charge in [0.25, 0.3) is 0 Å². The van der Waals surface area contributed by atoms with Gasteiger partial charge in [-0.25, -0.2) is 4.79 Å². The first kappa shape index (κ1) is 15.3. The zero-order chi connectivity index (χ0) is 15.1. The van der Waals surface area contributed by atoms with Crippen LogP contribution in [0.5, 0.6) is 0 Å². The molecule has 1 aliphatic heterocycles. The van der Waals surface area contributed by atoms with Crippen molar-refractivity contribution in [1.82, 2.24) is 15.5 Å². The second kappa shape index (κ2) is 7.64. The van der Waals surface area contributed by atoms with Crippen LogP contribution in [0.2, 0.25) is 0 Å². The lowest BCUT2D eigenvalue weighted by molar-refractivity contribution is -0.121. The highest BCUT2D eigenvalue weighted by Gasteiger charge is 2.19. The Morgan fingerprint density at radius 2 is 1.76 bits per heavy atom. The third-order valence-electron chi connectivity index (χ3n) is 3.45. The van der Waals surface area contributed by atoms with Crippen LogP contribution in [0.15, 0.2) is 30.3 Å². The standard InChI is InChI=1S/C15H22N4O2/c1-2-16-15(21)17-14(20)12-18-8-10-19(11-9-18)13-6-4-3-5-7-13/h3-7H,2,8-12H2,1H3,(H2,16,17,20,21). The Hall–Kier alpha value is -2.08. The Kier molecular flexibility index (Phi) is 5.57. The molecular formula is C15H22N4O2. The highest BCUT2D eigenvalue weighted by Crippen LogP contribution is 2.15. The molecular weight excluding hydrogens is 268 g/mol. The average molecular weight is 290 g/mol. The van der Waals surface area contributed by atoms with Gasteiger partial charge in [-0.1, -0.05) is 18.2 Å². The van der Waals surface area contributed by atoms with Gasteiger partial charge in [0.1, 0.15) is 0 Å². The minimum absolute atomic E-state index is 0.255. The number of anilines is 1. The van der Waals surface area contributed by atoms with Gasteiger partial charge in [-0.3, -0.25) is 15.0 Å². The average Bonchev–Trinajstić information content (AvgIpc) is 2.49. The van der Waals surface area contributed by atoms with Crippen molar-refractivity contribution in [3.63, 3.8) is 0 Å². The van der Waals surface area contributed by atoms with Gasteiger partial charge in [-0.15, -0.1) is 0 Å². The maximum absolute atomic E-state index is 11.7. The van der Waals surface area contributed by atoms with E-state index in [1.165, 1.54) is 5.69 Å². The lowest BCUT2D eigenvalue weighted by Crippen LogP contribution is -2.51. The van der Waals surface area contributed by atoms with Gasteiger partial charge in [0, 0.05) is 38.4 Å². The second-order valence-electron chi connectivity index (χ2n) is 5.01. The number of hydrogen-bond donors (Lipinski definition) is 2. The highest BCUT2D eigenvalue weighted by molar-refractivity contribution is 5.95. The quantitative estimate of drug-likeness (QED) is 0.855. The van der Waals surface area contributed by atoms with Crippen LogP contribution in [0.4, 0.5) is 10.5 Å². The lowest BCUT2D eigenvalue weighted by Gasteiger charge is -2.35. The summed E-state index contributed by atoms with van der Waals surface area (Å²) in [6, 6.07) is 9.83. The van der Waals surface area contributed by atoms with Crippen molar-refractivity contribution in [2.75, 3.05) is 44.2 Å². The molecule has 0 aromatic heterocycles. The molecule has 0 atom stereocenters. The van der Waals surface area contributed by atoms with E-state index in [0.717, 1.165) is 26.2 Å². The first-order valence-electron chi connectivity index (χ1n) is 7.29. The summed E-state index contributed by atoms with van der Waals surface area (Å²) in [7, 11) is 0. The summed E-state index contributed by atoms with van der Waals surface area (Å²) in [5, 5.41) is 4.87. The molecule has 6 nitrogen and oxygen atoms in total. The summed E-state index contributed by atoms with van der Waals surface area (Å²) in [6.45, 7) is 5.99. The van der Waals surface area contributed by atoms with Crippen LogP contribution in [-0.4, -0.2) is 56.1 Å². The molecule has 1 aromatic rings. The van der Waals surface area contributed by atoms with E-state index in [2.05, 4.69) is 32.6 Å². The topological polar surface area (TPSA) is 64.7 Å². The van der Waals surface area contributed by atoms with Crippen molar-refractivity contribution in [3.05, 3.63) is 30.3 Å². The number of piperazine rings is 1. The van der Waals surface area contributed by atoms with E-state index in [1.807, 2.05) is 25.1 Å². The number of nitrogens with zero attached hydrogens (tertiary/aromatic N) is 2. The molecule has 1 heterocycles. The third-order valence-corrected chi connectivity index (χ3v) is 3.45. The number of amides is 3. The Balaban J connectivity index is 1.74. The normalized spacial score (nSPS) is 15.6. The van der Waals surface area contributed by atoms with Crippen LogP contribution >= 0.6 is 0 Å². The fourth-order valence-corrected chi connectivity index (χ4v) is 2.38. The first-order valence-corrected chi connectivity index (χ1v) is 7.29. The van der Waals surface area contributed by atoms with E-state index in [1.54, 1.807) is 0 Å². The SMILES string of the molecule is CCNC(=O)NC(=O)CN1CCN(c2ccccc2)CC1. The number of nitrogens with one attached hydrogen (secondary N) is 2. The number of rotatable bonds is 4. The zero-order valence-electron chi connectivity index (χ0n) is 12.3. The number of benzene rings is 1. The molecule has 1 saturated heterocycles. The number of carbonyl (C=O) groups is 2. The van der Waals surface area contributed by atoms with Crippen LogP contribution in [-0.2, 0) is 4.79 Å². The largest absolute Gasteiger partial charge is 0.369 e. The van der Waals surface area contributed by atoms with E-state index in [9.17, 15) is 9.59 Å². The molecule has 0 radical (unpaired) electrons. The molecule has 1 aliphatic rings. The smallest absolute Gasteiger partial charge is 0.321 e. The Bertz CT molecular complexity index is 470. The summed E-state index contributed by atoms with van der Waals surface area (Å²) >= 11 is 0. The molecule has 6 heteroatoms. The number of para-hydroxylation sites is 1. The number of imide groups is 1. The van der Waals surface area contributed by atoms with Crippen molar-refractivity contribution < 1.29 is 9.59 Å². The predicted octanol–water partition coefficient (Wildman–Crippen LogP) is 0.654. The maximum Gasteiger partial charge on any atom is 0.321 e. The van der Waals surface area contributed by atoms with Crippen LogP contribution in [0.25, 0.3) is 0 Å². The Labute approximate surface area is 125 Å². The molecule has 2 rings (SSSR count). The fraction of sp³-hybridized carbons (Fsp3) is 0.467. The van der Waals surface area contributed by atoms with Gasteiger partial charge in [0.05, 0.1) is 6.54 Å². The minimum Gasteiger partial charge on any atom is -0.369 e. The zero-order valence-corrected chi connectivity index (χ0v) is 12.3. The van der Waals surface area contributed by atoms with Gasteiger partial charge in [-0.05, 0) is 19.1 Å². The summed E-state index contributed by atoms with van der Waals surface area (Å²) < 4.78 is 0. The molecule has 0 bridgehead atoms. The molecule has 3 amide bonds. The van der Waals surface area contributed by atoms with Crippen LogP contribution in [0, 0.1) is 0 Å². The van der Waals surface area contributed by atoms with E-state index in [-0.39, 0.29) is 12.5 Å². The molecule has 1 fully saturated rings. The Morgan fingerprint density at radius 1 is 1.10 bits per heavy atom. The van der Waals surface area contributed by atoms with Gasteiger partial charge in [-0.2, -0.15) is 0 Å². The van der Waals surface area contributed by atoms with Crippen LogP contribution < -0.4 is 15.5 Å². The Morgan fingerprint density at radius 3 is 2.38 bits per heavy atom. The van der Waals surface area contributed by atoms with Gasteiger partial charge >= 0.3 is 6.03 Å². The van der Waals surface area contributed by atoms with Gasteiger partial charge < -0.3 is 10.2 Å². The molecule has 0 saturated carbocycles. The fourth-order valence-electron chi connectivity index (χ4n) is 2.38. The minimum atomic E-state index is -0.426. The van der Waals surface area contributed by atoms with Crippen molar-refractivity contribution in [2.24, 2.45) is 0 Å². The summed E-state index contributed by atoms with van der Waals surface area (Å²) in [6.07, 6.45) is 0. The molecule has 0 unspecified atom stereocenters. The van der Waals surface area contributed by atoms with Crippen molar-refractivity contribution in [1.29, 1.82) is 0 Å². The summed E-state index contributed by atoms with van der Waals surface area (Å²) in [5.74, 6) is -0.255. The molecule has 0 aliphatic carbocycles. The van der Waals surface area contributed by atoms with Crippen molar-refractivity contribution >= 4 is 17.6 Å². The van der Waals surface area contributed by atoms with Gasteiger partial charge in [0.15, 0.2) is 0 Å². The highest BCUT2D eigenvalue weighted by atomic mass is 16.2. The lowest BCUT2D eigenvalue weighted by atomic mass is 10.2. The second-order valence-corrected chi connectivity index (χ2v) is 5.01. The first-order chi connectivity index (χ1) is 10.2. The molecule has 114 valence electrons. The van der Waals surface area contributed by atoms with Crippen LogP contribution in [0.3, 0.4) is 0 Å². The van der Waals surface area contributed by atoms with Crippen molar-refractivity contribution in [3.8, 4) is 0 Å². The summed E-state index contributed by atoms with van der Waals surface area (Å²) in [5.41, 5.74) is 1.21. The van der Waals surface area contributed by atoms with E-state index >= 15 is 0 Å². The summed E-state index contributed by atoms with van der Waals surface area (Å²) in [4.78, 5) is 27.4. The number of carbonyl (C=O) groups excluding carboxylic acids is 2. The third kappa shape index (κ3) is 4.75. The molecule has 2 N–H and O–H groups in total.